The highest BCUT2D eigenvalue weighted by molar-refractivity contribution is 4.62. The minimum atomic E-state index is 0.122. The van der Waals surface area contributed by atoms with Gasteiger partial charge in [0, 0.05) is 39.3 Å². The molecule has 8 heteroatoms. The van der Waals surface area contributed by atoms with Gasteiger partial charge in [-0.25, -0.2) is 0 Å². The van der Waals surface area contributed by atoms with Crippen LogP contribution in [0.3, 0.4) is 0 Å². The molecule has 0 radical (unpaired) electrons. The van der Waals surface area contributed by atoms with Gasteiger partial charge in [0.25, 0.3) is 0 Å². The largest absolute Gasteiger partial charge is 0.395 e. The van der Waals surface area contributed by atoms with Crippen LogP contribution in [0, 0.1) is 0 Å². The molecule has 0 aromatic carbocycles. The third-order valence-electron chi connectivity index (χ3n) is 3.80. The fourth-order valence-electron chi connectivity index (χ4n) is 2.52. The van der Waals surface area contributed by atoms with E-state index in [0.29, 0.717) is 26.2 Å². The Morgan fingerprint density at radius 2 is 0.917 bits per heavy atom. The molecule has 0 aliphatic heterocycles. The molecule has 0 atom stereocenters. The quantitative estimate of drug-likeness (QED) is 0.142. The summed E-state index contributed by atoms with van der Waals surface area (Å²) in [7, 11) is 0. The molecule has 0 saturated heterocycles. The maximum Gasteiger partial charge on any atom is 0.0558 e. The Morgan fingerprint density at radius 1 is 0.458 bits per heavy atom. The van der Waals surface area contributed by atoms with Crippen molar-refractivity contribution in [3.05, 3.63) is 0 Å². The minimum Gasteiger partial charge on any atom is -0.395 e. The Morgan fingerprint density at radius 3 is 1.38 bits per heavy atom. The molecule has 146 valence electrons. The molecule has 0 aromatic heterocycles. The van der Waals surface area contributed by atoms with E-state index in [1.54, 1.807) is 0 Å². The molecule has 0 bridgehead atoms. The third kappa shape index (κ3) is 15.2. The van der Waals surface area contributed by atoms with Gasteiger partial charge in [-0.05, 0) is 39.0 Å². The second-order valence-electron chi connectivity index (χ2n) is 5.78. The van der Waals surface area contributed by atoms with Gasteiger partial charge in [-0.1, -0.05) is 0 Å². The van der Waals surface area contributed by atoms with E-state index >= 15 is 0 Å². The standard InChI is InChI=1S/C16H38N4O4/c21-13-6-18-4-2-7-19(10-14-22)9-5-17-3-1-8-20(11-15-23)12-16-24/h17-18,21-24H,1-16H2. The normalized spacial score (nSPS) is 11.8. The first-order chi connectivity index (χ1) is 11.8. The van der Waals surface area contributed by atoms with E-state index in [-0.39, 0.29) is 26.4 Å². The van der Waals surface area contributed by atoms with Crippen molar-refractivity contribution in [2.24, 2.45) is 0 Å². The van der Waals surface area contributed by atoms with E-state index in [9.17, 15) is 0 Å². The number of nitrogens with one attached hydrogen (secondary N) is 2. The van der Waals surface area contributed by atoms with Crippen molar-refractivity contribution in [1.82, 2.24) is 20.4 Å². The Bertz CT molecular complexity index is 244. The van der Waals surface area contributed by atoms with E-state index < -0.39 is 0 Å². The predicted octanol–water partition coefficient (Wildman–Crippen LogP) is -2.48. The molecule has 0 unspecified atom stereocenters. The highest BCUT2D eigenvalue weighted by atomic mass is 16.3. The van der Waals surface area contributed by atoms with Crippen molar-refractivity contribution >= 4 is 0 Å². The molecule has 8 nitrogen and oxygen atoms in total. The van der Waals surface area contributed by atoms with Crippen molar-refractivity contribution in [3.8, 4) is 0 Å². The molecule has 0 amide bonds. The van der Waals surface area contributed by atoms with Crippen LogP contribution < -0.4 is 10.6 Å². The second kappa shape index (κ2) is 19.0. The zero-order chi connectivity index (χ0) is 17.9. The van der Waals surface area contributed by atoms with Crippen LogP contribution >= 0.6 is 0 Å². The van der Waals surface area contributed by atoms with Crippen LogP contribution in [-0.2, 0) is 0 Å². The SMILES string of the molecule is OCCNCCCN(CCO)CCNCCCN(CCO)CCO. The highest BCUT2D eigenvalue weighted by Gasteiger charge is 2.05. The number of hydrogen-bond acceptors (Lipinski definition) is 8. The van der Waals surface area contributed by atoms with Gasteiger partial charge < -0.3 is 31.1 Å². The molecule has 0 aromatic rings. The van der Waals surface area contributed by atoms with E-state index in [2.05, 4.69) is 20.4 Å². The zero-order valence-electron chi connectivity index (χ0n) is 15.0. The average molecular weight is 351 g/mol. The smallest absolute Gasteiger partial charge is 0.0558 e. The van der Waals surface area contributed by atoms with Gasteiger partial charge in [0.15, 0.2) is 0 Å². The third-order valence-corrected chi connectivity index (χ3v) is 3.80. The van der Waals surface area contributed by atoms with Crippen LogP contribution in [0.15, 0.2) is 0 Å². The minimum absolute atomic E-state index is 0.122. The number of aliphatic hydroxyl groups is 4. The molecule has 0 fully saturated rings. The van der Waals surface area contributed by atoms with Gasteiger partial charge in [0.2, 0.25) is 0 Å². The number of hydrogen-bond donors (Lipinski definition) is 6. The fourth-order valence-corrected chi connectivity index (χ4v) is 2.52. The van der Waals surface area contributed by atoms with E-state index in [1.165, 1.54) is 0 Å². The molecule has 24 heavy (non-hydrogen) atoms. The predicted molar refractivity (Wildman–Crippen MR) is 96.2 cm³/mol. The molecule has 0 rings (SSSR count). The number of aliphatic hydroxyl groups excluding tert-OH is 4. The second-order valence-corrected chi connectivity index (χ2v) is 5.78. The van der Waals surface area contributed by atoms with Gasteiger partial charge in [-0.15, -0.1) is 0 Å². The lowest BCUT2D eigenvalue weighted by Crippen LogP contribution is -2.37. The van der Waals surface area contributed by atoms with Crippen molar-refractivity contribution < 1.29 is 20.4 Å². The van der Waals surface area contributed by atoms with Crippen LogP contribution in [-0.4, -0.2) is 122 Å². The zero-order valence-corrected chi connectivity index (χ0v) is 15.0. The van der Waals surface area contributed by atoms with Gasteiger partial charge in [0.1, 0.15) is 0 Å². The lowest BCUT2D eigenvalue weighted by Gasteiger charge is -2.22. The summed E-state index contributed by atoms with van der Waals surface area (Å²) in [5.74, 6) is 0. The molecule has 0 aliphatic rings. The van der Waals surface area contributed by atoms with Crippen LogP contribution in [0.1, 0.15) is 12.8 Å². The molecule has 0 saturated carbocycles. The van der Waals surface area contributed by atoms with Crippen LogP contribution in [0.2, 0.25) is 0 Å². The first-order valence-electron chi connectivity index (χ1n) is 9.08. The van der Waals surface area contributed by atoms with Crippen molar-refractivity contribution in [2.75, 3.05) is 91.9 Å². The monoisotopic (exact) mass is 350 g/mol. The first-order valence-corrected chi connectivity index (χ1v) is 9.08. The molecular formula is C16H38N4O4. The topological polar surface area (TPSA) is 111 Å². The maximum absolute atomic E-state index is 9.12. The summed E-state index contributed by atoms with van der Waals surface area (Å²) < 4.78 is 0. The summed E-state index contributed by atoms with van der Waals surface area (Å²) in [5, 5.41) is 42.3. The van der Waals surface area contributed by atoms with E-state index in [1.807, 2.05) is 0 Å². The number of rotatable bonds is 19. The van der Waals surface area contributed by atoms with Gasteiger partial charge >= 0.3 is 0 Å². The van der Waals surface area contributed by atoms with E-state index in [4.69, 9.17) is 20.4 Å². The van der Waals surface area contributed by atoms with Crippen molar-refractivity contribution in [1.29, 1.82) is 0 Å². The fraction of sp³-hybridized carbons (Fsp3) is 1.00. The summed E-state index contributed by atoms with van der Waals surface area (Å²) in [4.78, 5) is 4.29. The summed E-state index contributed by atoms with van der Waals surface area (Å²) in [5.41, 5.74) is 0. The maximum atomic E-state index is 9.12. The highest BCUT2D eigenvalue weighted by Crippen LogP contribution is 1.92. The lowest BCUT2D eigenvalue weighted by molar-refractivity contribution is 0.159. The van der Waals surface area contributed by atoms with Crippen molar-refractivity contribution in [3.63, 3.8) is 0 Å². The molecule has 0 aliphatic carbocycles. The van der Waals surface area contributed by atoms with Crippen LogP contribution in [0.25, 0.3) is 0 Å². The van der Waals surface area contributed by atoms with Gasteiger partial charge in [0.05, 0.1) is 26.4 Å². The summed E-state index contributed by atoms with van der Waals surface area (Å²) >= 11 is 0. The van der Waals surface area contributed by atoms with Crippen LogP contribution in [0.4, 0.5) is 0 Å². The Balaban J connectivity index is 3.64. The van der Waals surface area contributed by atoms with E-state index in [0.717, 1.165) is 52.1 Å². The first kappa shape index (κ1) is 23.7. The molecule has 0 spiro atoms. The average Bonchev–Trinajstić information content (AvgIpc) is 2.57. The summed E-state index contributed by atoms with van der Waals surface area (Å²) in [6.07, 6.45) is 1.97. The molecular weight excluding hydrogens is 312 g/mol. The number of nitrogens with zero attached hydrogens (tertiary/aromatic N) is 2. The Labute approximate surface area is 146 Å². The summed E-state index contributed by atoms with van der Waals surface area (Å²) in [6.45, 7) is 8.46. The Kier molecular flexibility index (Phi) is 18.8. The molecule has 6 N–H and O–H groups in total. The summed E-state index contributed by atoms with van der Waals surface area (Å²) in [6, 6.07) is 0. The molecule has 0 heterocycles. The van der Waals surface area contributed by atoms with Gasteiger partial charge in [-0.3, -0.25) is 9.80 Å². The lowest BCUT2D eigenvalue weighted by atomic mass is 10.3. The van der Waals surface area contributed by atoms with Crippen molar-refractivity contribution in [2.45, 2.75) is 12.8 Å². The van der Waals surface area contributed by atoms with Gasteiger partial charge in [-0.2, -0.15) is 0 Å². The van der Waals surface area contributed by atoms with Crippen LogP contribution in [0.5, 0.6) is 0 Å². The Hall–Kier alpha value is -0.320.